The van der Waals surface area contributed by atoms with Crippen LogP contribution in [-0.4, -0.2) is 28.4 Å². The number of rotatable bonds is 0. The third-order valence-corrected chi connectivity index (χ3v) is 1.51. The predicted molar refractivity (Wildman–Crippen MR) is 36.5 cm³/mol. The van der Waals surface area contributed by atoms with Crippen molar-refractivity contribution in [1.29, 1.82) is 0 Å². The summed E-state index contributed by atoms with van der Waals surface area (Å²) in [5.41, 5.74) is 0.697. The van der Waals surface area contributed by atoms with Gasteiger partial charge in [-0.15, -0.1) is 0 Å². The van der Waals surface area contributed by atoms with Gasteiger partial charge in [0.2, 0.25) is 0 Å². The molecule has 11 heavy (non-hydrogen) atoms. The summed E-state index contributed by atoms with van der Waals surface area (Å²) >= 11 is 0. The summed E-state index contributed by atoms with van der Waals surface area (Å²) in [5, 5.41) is 18.1. The molecule has 4 heteroatoms. The van der Waals surface area contributed by atoms with Gasteiger partial charge in [-0.3, -0.25) is 0 Å². The van der Waals surface area contributed by atoms with Crippen LogP contribution in [0.15, 0.2) is 11.3 Å². The van der Waals surface area contributed by atoms with E-state index >= 15 is 0 Å². The van der Waals surface area contributed by atoms with E-state index in [1.54, 1.807) is 13.8 Å². The Kier molecular flexibility index (Phi) is 1.97. The van der Waals surface area contributed by atoms with E-state index < -0.39 is 18.2 Å². The highest BCUT2D eigenvalue weighted by Crippen LogP contribution is 2.22. The molecule has 0 aromatic carbocycles. The SMILES string of the molecule is CC(C)=C1OC(=O)[C@H](O)[C@@H]1O. The van der Waals surface area contributed by atoms with Gasteiger partial charge >= 0.3 is 5.97 Å². The first-order valence-corrected chi connectivity index (χ1v) is 3.29. The van der Waals surface area contributed by atoms with Gasteiger partial charge in [0, 0.05) is 0 Å². The molecule has 0 bridgehead atoms. The van der Waals surface area contributed by atoms with E-state index in [4.69, 9.17) is 10.2 Å². The Labute approximate surface area is 64.1 Å². The van der Waals surface area contributed by atoms with E-state index in [2.05, 4.69) is 4.74 Å². The predicted octanol–water partition coefficient (Wildman–Crippen LogP) is -0.441. The minimum atomic E-state index is -1.42. The molecule has 0 amide bonds. The average Bonchev–Trinajstić information content (AvgIpc) is 2.17. The number of carbonyl (C=O) groups excluding carboxylic acids is 1. The van der Waals surface area contributed by atoms with Gasteiger partial charge in [-0.1, -0.05) is 0 Å². The number of carbonyl (C=O) groups is 1. The molecule has 0 unspecified atom stereocenters. The number of aliphatic hydroxyl groups is 2. The average molecular weight is 158 g/mol. The zero-order valence-corrected chi connectivity index (χ0v) is 6.37. The van der Waals surface area contributed by atoms with Crippen molar-refractivity contribution in [2.75, 3.05) is 0 Å². The van der Waals surface area contributed by atoms with Crippen LogP contribution in [0.1, 0.15) is 13.8 Å². The molecule has 0 spiro atoms. The van der Waals surface area contributed by atoms with Gasteiger partial charge in [-0.25, -0.2) is 4.79 Å². The van der Waals surface area contributed by atoms with Crippen molar-refractivity contribution in [2.24, 2.45) is 0 Å². The van der Waals surface area contributed by atoms with E-state index in [-0.39, 0.29) is 5.76 Å². The first-order valence-electron chi connectivity index (χ1n) is 3.29. The molecular formula is C7H10O4. The van der Waals surface area contributed by atoms with E-state index in [1.807, 2.05) is 0 Å². The second kappa shape index (κ2) is 2.64. The molecule has 2 N–H and O–H groups in total. The molecule has 0 saturated carbocycles. The van der Waals surface area contributed by atoms with Gasteiger partial charge in [0.15, 0.2) is 6.10 Å². The third kappa shape index (κ3) is 1.27. The topological polar surface area (TPSA) is 66.8 Å². The van der Waals surface area contributed by atoms with Crippen molar-refractivity contribution in [2.45, 2.75) is 26.1 Å². The van der Waals surface area contributed by atoms with Gasteiger partial charge in [-0.05, 0) is 19.4 Å². The highest BCUT2D eigenvalue weighted by molar-refractivity contribution is 5.80. The van der Waals surface area contributed by atoms with Crippen molar-refractivity contribution in [3.63, 3.8) is 0 Å². The standard InChI is InChI=1S/C7H10O4/c1-3(2)6-4(8)5(9)7(10)11-6/h4-5,8-9H,1-2H3/t4-,5+/m0/s1. The zero-order chi connectivity index (χ0) is 8.59. The first kappa shape index (κ1) is 8.23. The van der Waals surface area contributed by atoms with E-state index in [9.17, 15) is 4.79 Å². The molecule has 1 heterocycles. The normalized spacial score (nSPS) is 30.5. The highest BCUT2D eigenvalue weighted by Gasteiger charge is 2.39. The fourth-order valence-electron chi connectivity index (χ4n) is 0.899. The molecule has 1 fully saturated rings. The van der Waals surface area contributed by atoms with Gasteiger partial charge in [0.05, 0.1) is 0 Å². The molecule has 1 saturated heterocycles. The van der Waals surface area contributed by atoms with E-state index in [0.29, 0.717) is 5.57 Å². The van der Waals surface area contributed by atoms with E-state index in [1.165, 1.54) is 0 Å². The molecule has 0 aliphatic carbocycles. The van der Waals surface area contributed by atoms with Crippen LogP contribution in [0, 0.1) is 0 Å². The lowest BCUT2D eigenvalue weighted by molar-refractivity contribution is -0.143. The van der Waals surface area contributed by atoms with Crippen LogP contribution in [0.3, 0.4) is 0 Å². The Morgan fingerprint density at radius 1 is 1.36 bits per heavy atom. The fraction of sp³-hybridized carbons (Fsp3) is 0.571. The van der Waals surface area contributed by atoms with Gasteiger partial charge in [0.25, 0.3) is 0 Å². The van der Waals surface area contributed by atoms with Crippen molar-refractivity contribution >= 4 is 5.97 Å². The molecular weight excluding hydrogens is 148 g/mol. The molecule has 4 nitrogen and oxygen atoms in total. The third-order valence-electron chi connectivity index (χ3n) is 1.51. The maximum absolute atomic E-state index is 10.6. The molecule has 0 aromatic heterocycles. The van der Waals surface area contributed by atoms with Crippen molar-refractivity contribution in [1.82, 2.24) is 0 Å². The Balaban J connectivity index is 2.92. The Morgan fingerprint density at radius 3 is 2.09 bits per heavy atom. The number of esters is 1. The lowest BCUT2D eigenvalue weighted by Crippen LogP contribution is -2.25. The number of allylic oxidation sites excluding steroid dienone is 1. The Hall–Kier alpha value is -0.870. The highest BCUT2D eigenvalue weighted by atomic mass is 16.6. The lowest BCUT2D eigenvalue weighted by atomic mass is 10.1. The number of hydrogen-bond acceptors (Lipinski definition) is 4. The number of aliphatic hydroxyl groups excluding tert-OH is 2. The van der Waals surface area contributed by atoms with Crippen LogP contribution in [0.25, 0.3) is 0 Å². The van der Waals surface area contributed by atoms with Crippen LogP contribution in [-0.2, 0) is 9.53 Å². The van der Waals surface area contributed by atoms with Crippen molar-refractivity contribution < 1.29 is 19.7 Å². The van der Waals surface area contributed by atoms with Crippen LogP contribution in [0.4, 0.5) is 0 Å². The number of hydrogen-bond donors (Lipinski definition) is 2. The lowest BCUT2D eigenvalue weighted by Gasteiger charge is -2.03. The van der Waals surface area contributed by atoms with Crippen LogP contribution >= 0.6 is 0 Å². The summed E-state index contributed by atoms with van der Waals surface area (Å²) in [6, 6.07) is 0. The molecule has 1 aliphatic rings. The Bertz CT molecular complexity index is 214. The maximum Gasteiger partial charge on any atom is 0.343 e. The van der Waals surface area contributed by atoms with Crippen molar-refractivity contribution in [3.05, 3.63) is 11.3 Å². The maximum atomic E-state index is 10.6. The molecule has 1 aliphatic heterocycles. The van der Waals surface area contributed by atoms with Crippen LogP contribution in [0.2, 0.25) is 0 Å². The Morgan fingerprint density at radius 2 is 1.91 bits per heavy atom. The van der Waals surface area contributed by atoms with Crippen molar-refractivity contribution in [3.8, 4) is 0 Å². The van der Waals surface area contributed by atoms with Gasteiger partial charge < -0.3 is 14.9 Å². The molecule has 2 atom stereocenters. The summed E-state index contributed by atoms with van der Waals surface area (Å²) in [4.78, 5) is 10.6. The zero-order valence-electron chi connectivity index (χ0n) is 6.37. The second-order valence-corrected chi connectivity index (χ2v) is 2.68. The number of ether oxygens (including phenoxy) is 1. The number of cyclic esters (lactones) is 1. The van der Waals surface area contributed by atoms with E-state index in [0.717, 1.165) is 0 Å². The summed E-state index contributed by atoms with van der Waals surface area (Å²) in [6.45, 7) is 3.40. The molecule has 0 radical (unpaired) electrons. The van der Waals surface area contributed by atoms with Crippen LogP contribution in [0.5, 0.6) is 0 Å². The molecule has 1 rings (SSSR count). The largest absolute Gasteiger partial charge is 0.426 e. The summed E-state index contributed by atoms with van der Waals surface area (Å²) < 4.78 is 4.59. The van der Waals surface area contributed by atoms with Crippen LogP contribution < -0.4 is 0 Å². The monoisotopic (exact) mass is 158 g/mol. The smallest absolute Gasteiger partial charge is 0.343 e. The molecule has 62 valence electrons. The summed E-state index contributed by atoms with van der Waals surface area (Å²) in [7, 11) is 0. The van der Waals surface area contributed by atoms with Gasteiger partial charge in [0.1, 0.15) is 11.9 Å². The minimum absolute atomic E-state index is 0.169. The summed E-state index contributed by atoms with van der Waals surface area (Å²) in [6.07, 6.45) is -2.60. The second-order valence-electron chi connectivity index (χ2n) is 2.68. The first-order chi connectivity index (χ1) is 5.04. The molecule has 0 aromatic rings. The quantitative estimate of drug-likeness (QED) is 0.469. The fourth-order valence-corrected chi connectivity index (χ4v) is 0.899. The minimum Gasteiger partial charge on any atom is -0.426 e. The van der Waals surface area contributed by atoms with Gasteiger partial charge in [-0.2, -0.15) is 0 Å². The summed E-state index contributed by atoms with van der Waals surface area (Å²) in [5.74, 6) is -0.615.